The zero-order valence-electron chi connectivity index (χ0n) is 17.0. The smallest absolute Gasteiger partial charge is 0.248 e. The van der Waals surface area contributed by atoms with Crippen molar-refractivity contribution in [1.82, 2.24) is 0 Å². The lowest BCUT2D eigenvalue weighted by Crippen LogP contribution is -2.09. The van der Waals surface area contributed by atoms with Gasteiger partial charge in [0, 0.05) is 22.6 Å². The highest BCUT2D eigenvalue weighted by atomic mass is 32.2. The molecule has 0 atom stereocenters. The zero-order chi connectivity index (χ0) is 21.3. The van der Waals surface area contributed by atoms with Crippen LogP contribution in [-0.4, -0.2) is 27.2 Å². The van der Waals surface area contributed by atoms with Crippen molar-refractivity contribution in [2.45, 2.75) is 9.79 Å². The van der Waals surface area contributed by atoms with E-state index in [0.717, 1.165) is 15.4 Å². The molecule has 5 nitrogen and oxygen atoms in total. The number of para-hydroxylation sites is 1. The van der Waals surface area contributed by atoms with Crippen molar-refractivity contribution in [2.24, 2.45) is 0 Å². The number of benzene rings is 3. The van der Waals surface area contributed by atoms with E-state index >= 15 is 0 Å². The number of anilines is 1. The molecule has 0 radical (unpaired) electrons. The van der Waals surface area contributed by atoms with Gasteiger partial charge in [-0.25, -0.2) is 0 Å². The van der Waals surface area contributed by atoms with Gasteiger partial charge in [0.15, 0.2) is 0 Å². The van der Waals surface area contributed by atoms with Crippen LogP contribution in [-0.2, 0) is 4.79 Å². The van der Waals surface area contributed by atoms with Crippen LogP contribution in [0.1, 0.15) is 5.56 Å². The summed E-state index contributed by atoms with van der Waals surface area (Å²) in [6, 6.07) is 21.1. The lowest BCUT2D eigenvalue weighted by molar-refractivity contribution is -0.111. The third-order valence-electron chi connectivity index (χ3n) is 4.27. The highest BCUT2D eigenvalue weighted by Crippen LogP contribution is 2.41. The van der Waals surface area contributed by atoms with E-state index in [9.17, 15) is 4.79 Å². The Kier molecular flexibility index (Phi) is 7.40. The summed E-state index contributed by atoms with van der Waals surface area (Å²) in [5.41, 5.74) is 1.34. The Morgan fingerprint density at radius 3 is 2.20 bits per heavy atom. The van der Waals surface area contributed by atoms with Crippen LogP contribution in [0, 0.1) is 0 Å². The first kappa shape index (κ1) is 21.3. The van der Waals surface area contributed by atoms with Gasteiger partial charge in [0.25, 0.3) is 0 Å². The number of amides is 1. The van der Waals surface area contributed by atoms with Gasteiger partial charge < -0.3 is 19.5 Å². The predicted molar refractivity (Wildman–Crippen MR) is 121 cm³/mol. The number of methoxy groups -OCH3 is 3. The first-order valence-corrected chi connectivity index (χ1v) is 10.1. The maximum Gasteiger partial charge on any atom is 0.248 e. The number of nitrogens with one attached hydrogen (secondary N) is 1. The van der Waals surface area contributed by atoms with E-state index in [0.29, 0.717) is 22.9 Å². The lowest BCUT2D eigenvalue weighted by Gasteiger charge is -2.15. The molecule has 0 saturated carbocycles. The highest BCUT2D eigenvalue weighted by molar-refractivity contribution is 7.99. The molecule has 154 valence electrons. The molecule has 0 aromatic heterocycles. The third-order valence-corrected chi connectivity index (χ3v) is 5.31. The number of hydrogen-bond acceptors (Lipinski definition) is 5. The Bertz CT molecular complexity index is 1030. The Hall–Kier alpha value is -3.38. The van der Waals surface area contributed by atoms with Gasteiger partial charge in [-0.15, -0.1) is 0 Å². The van der Waals surface area contributed by atoms with Crippen LogP contribution in [0.15, 0.2) is 82.6 Å². The van der Waals surface area contributed by atoms with Gasteiger partial charge in [0.1, 0.15) is 17.2 Å². The second-order valence-electron chi connectivity index (χ2n) is 6.18. The second-order valence-corrected chi connectivity index (χ2v) is 7.30. The van der Waals surface area contributed by atoms with Crippen LogP contribution >= 0.6 is 11.8 Å². The predicted octanol–water partition coefficient (Wildman–Crippen LogP) is 5.52. The van der Waals surface area contributed by atoms with Gasteiger partial charge in [-0.3, -0.25) is 4.79 Å². The molecule has 0 unspecified atom stereocenters. The van der Waals surface area contributed by atoms with E-state index < -0.39 is 0 Å². The number of carbonyl (C=O) groups is 1. The molecule has 0 aliphatic heterocycles. The average Bonchev–Trinajstić information content (AvgIpc) is 2.79. The molecule has 3 rings (SSSR count). The normalized spacial score (nSPS) is 10.6. The average molecular weight is 422 g/mol. The summed E-state index contributed by atoms with van der Waals surface area (Å²) in [4.78, 5) is 14.5. The lowest BCUT2D eigenvalue weighted by atomic mass is 10.2. The van der Waals surface area contributed by atoms with Crippen molar-refractivity contribution in [3.05, 3.63) is 78.4 Å². The summed E-state index contributed by atoms with van der Waals surface area (Å²) in [6.45, 7) is 0. The number of rotatable bonds is 8. The van der Waals surface area contributed by atoms with Gasteiger partial charge >= 0.3 is 0 Å². The first-order chi connectivity index (χ1) is 14.6. The van der Waals surface area contributed by atoms with Crippen LogP contribution in [0.25, 0.3) is 6.08 Å². The monoisotopic (exact) mass is 421 g/mol. The van der Waals surface area contributed by atoms with Crippen LogP contribution < -0.4 is 19.5 Å². The number of hydrogen-bond donors (Lipinski definition) is 1. The molecular formula is C24H23NO4S. The molecule has 1 amide bonds. The molecule has 3 aromatic carbocycles. The SMILES string of the molecule is COc1ccccc1/C=C/C(=O)Nc1cc(OC)c(Sc2ccccc2)cc1OC. The van der Waals surface area contributed by atoms with Crippen molar-refractivity contribution < 1.29 is 19.0 Å². The molecule has 0 aliphatic carbocycles. The van der Waals surface area contributed by atoms with Gasteiger partial charge in [0.05, 0.1) is 31.9 Å². The first-order valence-electron chi connectivity index (χ1n) is 9.25. The fourth-order valence-electron chi connectivity index (χ4n) is 2.81. The van der Waals surface area contributed by atoms with Crippen molar-refractivity contribution >= 4 is 29.4 Å². The quantitative estimate of drug-likeness (QED) is 0.486. The van der Waals surface area contributed by atoms with E-state index in [4.69, 9.17) is 14.2 Å². The molecule has 0 saturated heterocycles. The van der Waals surface area contributed by atoms with E-state index in [-0.39, 0.29) is 5.91 Å². The van der Waals surface area contributed by atoms with Gasteiger partial charge in [0.2, 0.25) is 5.91 Å². The topological polar surface area (TPSA) is 56.8 Å². The zero-order valence-corrected chi connectivity index (χ0v) is 17.9. The third kappa shape index (κ3) is 5.36. The Morgan fingerprint density at radius 2 is 1.50 bits per heavy atom. The van der Waals surface area contributed by atoms with E-state index in [1.54, 1.807) is 45.2 Å². The molecule has 3 aromatic rings. The van der Waals surface area contributed by atoms with E-state index in [1.165, 1.54) is 6.08 Å². The molecular weight excluding hydrogens is 398 g/mol. The number of carbonyl (C=O) groups excluding carboxylic acids is 1. The molecule has 6 heteroatoms. The van der Waals surface area contributed by atoms with Crippen molar-refractivity contribution in [1.29, 1.82) is 0 Å². The second kappa shape index (κ2) is 10.4. The van der Waals surface area contributed by atoms with Crippen molar-refractivity contribution in [3.63, 3.8) is 0 Å². The molecule has 0 fully saturated rings. The molecule has 1 N–H and O–H groups in total. The summed E-state index contributed by atoms with van der Waals surface area (Å²) in [5, 5.41) is 2.85. The van der Waals surface area contributed by atoms with E-state index in [1.807, 2.05) is 60.7 Å². The maximum atomic E-state index is 12.5. The fourth-order valence-corrected chi connectivity index (χ4v) is 3.76. The highest BCUT2D eigenvalue weighted by Gasteiger charge is 2.14. The summed E-state index contributed by atoms with van der Waals surface area (Å²) in [6.07, 6.45) is 3.16. The van der Waals surface area contributed by atoms with Crippen LogP contribution in [0.4, 0.5) is 5.69 Å². The van der Waals surface area contributed by atoms with Crippen molar-refractivity contribution in [3.8, 4) is 17.2 Å². The standard InChI is InChI=1S/C24H23NO4S/c1-27-20-12-8-7-9-17(20)13-14-24(26)25-19-15-22(29-3)23(16-21(19)28-2)30-18-10-5-4-6-11-18/h4-16H,1-3H3,(H,25,26)/b14-13+. The Labute approximate surface area is 180 Å². The molecule has 0 aliphatic rings. The minimum Gasteiger partial charge on any atom is -0.496 e. The minimum atomic E-state index is -0.287. The largest absolute Gasteiger partial charge is 0.496 e. The van der Waals surface area contributed by atoms with Gasteiger partial charge in [-0.2, -0.15) is 0 Å². The Balaban J connectivity index is 1.81. The molecule has 0 heterocycles. The summed E-state index contributed by atoms with van der Waals surface area (Å²) in [7, 11) is 4.77. The van der Waals surface area contributed by atoms with Crippen LogP contribution in [0.5, 0.6) is 17.2 Å². The van der Waals surface area contributed by atoms with E-state index in [2.05, 4.69) is 5.32 Å². The fraction of sp³-hybridized carbons (Fsp3) is 0.125. The maximum absolute atomic E-state index is 12.5. The Morgan fingerprint density at radius 1 is 0.833 bits per heavy atom. The van der Waals surface area contributed by atoms with Crippen molar-refractivity contribution in [2.75, 3.05) is 26.6 Å². The van der Waals surface area contributed by atoms with Crippen LogP contribution in [0.3, 0.4) is 0 Å². The minimum absolute atomic E-state index is 0.287. The summed E-state index contributed by atoms with van der Waals surface area (Å²) >= 11 is 1.56. The van der Waals surface area contributed by atoms with Crippen LogP contribution in [0.2, 0.25) is 0 Å². The molecule has 0 spiro atoms. The van der Waals surface area contributed by atoms with Gasteiger partial charge in [-0.05, 0) is 30.3 Å². The van der Waals surface area contributed by atoms with Gasteiger partial charge in [-0.1, -0.05) is 48.2 Å². The molecule has 30 heavy (non-hydrogen) atoms. The summed E-state index contributed by atoms with van der Waals surface area (Å²) < 4.78 is 16.3. The number of ether oxygens (including phenoxy) is 3. The summed E-state index contributed by atoms with van der Waals surface area (Å²) in [5.74, 6) is 1.61. The molecule has 0 bridgehead atoms.